The molecular formula is C25H19N3OS. The fraction of sp³-hybridized carbons (Fsp3) is 0. The summed E-state index contributed by atoms with van der Waals surface area (Å²) in [6.45, 7) is 0. The third-order valence-electron chi connectivity index (χ3n) is 4.97. The van der Waals surface area contributed by atoms with Crippen molar-refractivity contribution in [1.29, 1.82) is 0 Å². The van der Waals surface area contributed by atoms with E-state index in [9.17, 15) is 4.79 Å². The van der Waals surface area contributed by atoms with Crippen molar-refractivity contribution in [3.8, 4) is 0 Å². The third-order valence-corrected chi connectivity index (χ3v) is 6.10. The molecule has 5 aromatic rings. The Kier molecular flexibility index (Phi) is 4.58. The lowest BCUT2D eigenvalue weighted by Gasteiger charge is -2.12. The lowest BCUT2D eigenvalue weighted by Crippen LogP contribution is -2.04. The van der Waals surface area contributed by atoms with Gasteiger partial charge in [0.2, 0.25) is 0 Å². The quantitative estimate of drug-likeness (QED) is 0.235. The minimum Gasteiger partial charge on any atom is -0.399 e. The van der Waals surface area contributed by atoms with E-state index in [1.54, 1.807) is 11.3 Å². The van der Waals surface area contributed by atoms with Gasteiger partial charge in [-0.3, -0.25) is 4.79 Å². The Bertz CT molecular complexity index is 1410. The molecule has 0 aliphatic rings. The molecule has 1 heterocycles. The molecule has 0 atom stereocenters. The monoisotopic (exact) mass is 409 g/mol. The zero-order valence-corrected chi connectivity index (χ0v) is 16.9. The predicted octanol–water partition coefficient (Wildman–Crippen LogP) is 6.48. The molecule has 4 N–H and O–H groups in total. The van der Waals surface area contributed by atoms with Gasteiger partial charge in [0.1, 0.15) is 0 Å². The van der Waals surface area contributed by atoms with Crippen LogP contribution in [0.1, 0.15) is 0 Å². The third kappa shape index (κ3) is 3.47. The summed E-state index contributed by atoms with van der Waals surface area (Å²) in [5, 5.41) is 8.25. The molecular weight excluding hydrogens is 390 g/mol. The molecule has 1 aromatic heterocycles. The van der Waals surface area contributed by atoms with Crippen molar-refractivity contribution in [2.45, 2.75) is 0 Å². The number of rotatable bonds is 4. The van der Waals surface area contributed by atoms with Crippen LogP contribution in [0.15, 0.2) is 95.8 Å². The van der Waals surface area contributed by atoms with E-state index in [4.69, 9.17) is 5.73 Å². The maximum atomic E-state index is 13.1. The highest BCUT2D eigenvalue weighted by molar-refractivity contribution is 7.24. The second kappa shape index (κ2) is 7.54. The normalized spacial score (nSPS) is 10.9. The number of benzene rings is 4. The molecule has 0 saturated heterocycles. The van der Waals surface area contributed by atoms with Crippen LogP contribution >= 0.6 is 11.3 Å². The number of hydrogen-bond acceptors (Lipinski definition) is 5. The van der Waals surface area contributed by atoms with Crippen molar-refractivity contribution in [3.63, 3.8) is 0 Å². The average molecular weight is 410 g/mol. The van der Waals surface area contributed by atoms with Gasteiger partial charge in [0.15, 0.2) is 5.43 Å². The van der Waals surface area contributed by atoms with Gasteiger partial charge in [-0.15, -0.1) is 11.3 Å². The van der Waals surface area contributed by atoms with E-state index in [-0.39, 0.29) is 5.43 Å². The SMILES string of the molecule is Nc1ccc(Nc2ccc(Nc3cccc4sc5ccccc5c(=O)c34)cc2)cc1. The summed E-state index contributed by atoms with van der Waals surface area (Å²) in [7, 11) is 0. The van der Waals surface area contributed by atoms with Gasteiger partial charge in [0, 0.05) is 37.5 Å². The van der Waals surface area contributed by atoms with E-state index in [1.807, 2.05) is 91.0 Å². The Morgan fingerprint density at radius 1 is 0.633 bits per heavy atom. The van der Waals surface area contributed by atoms with Crippen molar-refractivity contribution in [1.82, 2.24) is 0 Å². The second-order valence-corrected chi connectivity index (χ2v) is 8.14. The zero-order valence-electron chi connectivity index (χ0n) is 16.1. The van der Waals surface area contributed by atoms with Crippen LogP contribution < -0.4 is 21.8 Å². The highest BCUT2D eigenvalue weighted by Crippen LogP contribution is 2.31. The lowest BCUT2D eigenvalue weighted by atomic mass is 10.1. The number of anilines is 5. The fourth-order valence-electron chi connectivity index (χ4n) is 3.48. The van der Waals surface area contributed by atoms with Crippen LogP contribution in [-0.4, -0.2) is 0 Å². The van der Waals surface area contributed by atoms with Crippen molar-refractivity contribution < 1.29 is 0 Å². The first-order valence-corrected chi connectivity index (χ1v) is 10.4. The van der Waals surface area contributed by atoms with Crippen LogP contribution in [0.3, 0.4) is 0 Å². The summed E-state index contributed by atoms with van der Waals surface area (Å²) in [6, 6.07) is 29.3. The minimum atomic E-state index is 0.0593. The Labute approximate surface area is 177 Å². The standard InChI is InChI=1S/C25H19N3OS/c26-16-8-10-17(11-9-16)27-18-12-14-19(15-13-18)28-21-5-3-7-23-24(21)25(29)20-4-1-2-6-22(20)30-23/h1-15,27-28H,26H2. The molecule has 0 radical (unpaired) electrons. The maximum absolute atomic E-state index is 13.1. The minimum absolute atomic E-state index is 0.0593. The molecule has 0 bridgehead atoms. The zero-order chi connectivity index (χ0) is 20.5. The number of nitrogens with two attached hydrogens (primary N) is 1. The van der Waals surface area contributed by atoms with Gasteiger partial charge >= 0.3 is 0 Å². The van der Waals surface area contributed by atoms with Crippen molar-refractivity contribution in [2.24, 2.45) is 0 Å². The maximum Gasteiger partial charge on any atom is 0.197 e. The summed E-state index contributed by atoms with van der Waals surface area (Å²) in [5.74, 6) is 0. The number of nitrogen functional groups attached to an aromatic ring is 1. The second-order valence-electron chi connectivity index (χ2n) is 7.06. The molecule has 0 fully saturated rings. The van der Waals surface area contributed by atoms with E-state index < -0.39 is 0 Å². The van der Waals surface area contributed by atoms with Crippen LogP contribution in [0.5, 0.6) is 0 Å². The summed E-state index contributed by atoms with van der Waals surface area (Å²) in [6.07, 6.45) is 0. The predicted molar refractivity (Wildman–Crippen MR) is 129 cm³/mol. The number of nitrogens with one attached hydrogen (secondary N) is 2. The van der Waals surface area contributed by atoms with Crippen molar-refractivity contribution in [3.05, 3.63) is 101 Å². The molecule has 4 nitrogen and oxygen atoms in total. The van der Waals surface area contributed by atoms with Gasteiger partial charge in [-0.05, 0) is 72.8 Å². The molecule has 0 unspecified atom stereocenters. The summed E-state index contributed by atoms with van der Waals surface area (Å²) >= 11 is 1.64. The van der Waals surface area contributed by atoms with Crippen molar-refractivity contribution in [2.75, 3.05) is 16.4 Å². The molecule has 5 rings (SSSR count). The van der Waals surface area contributed by atoms with E-state index in [0.717, 1.165) is 48.6 Å². The van der Waals surface area contributed by atoms with Gasteiger partial charge in [0.25, 0.3) is 0 Å². The van der Waals surface area contributed by atoms with E-state index in [1.165, 1.54) is 0 Å². The number of fused-ring (bicyclic) bond motifs is 2. The van der Waals surface area contributed by atoms with Crippen LogP contribution in [0.4, 0.5) is 28.4 Å². The van der Waals surface area contributed by atoms with Gasteiger partial charge in [-0.25, -0.2) is 0 Å². The Hall–Kier alpha value is -3.83. The summed E-state index contributed by atoms with van der Waals surface area (Å²) in [5.41, 5.74) is 10.2. The Morgan fingerprint density at radius 3 is 1.97 bits per heavy atom. The molecule has 0 aliphatic heterocycles. The lowest BCUT2D eigenvalue weighted by molar-refractivity contribution is 1.53. The summed E-state index contributed by atoms with van der Waals surface area (Å²) in [4.78, 5) is 13.1. The van der Waals surface area contributed by atoms with Crippen LogP contribution in [0, 0.1) is 0 Å². The highest BCUT2D eigenvalue weighted by Gasteiger charge is 2.10. The summed E-state index contributed by atoms with van der Waals surface area (Å²) < 4.78 is 1.98. The van der Waals surface area contributed by atoms with Gasteiger partial charge in [-0.2, -0.15) is 0 Å². The van der Waals surface area contributed by atoms with Gasteiger partial charge in [0.05, 0.1) is 11.1 Å². The van der Waals surface area contributed by atoms with Crippen LogP contribution in [-0.2, 0) is 0 Å². The van der Waals surface area contributed by atoms with E-state index >= 15 is 0 Å². The molecule has 0 spiro atoms. The molecule has 0 saturated carbocycles. The molecule has 0 amide bonds. The Balaban J connectivity index is 1.46. The molecule has 5 heteroatoms. The molecule has 4 aromatic carbocycles. The fourth-order valence-corrected chi connectivity index (χ4v) is 4.58. The first-order valence-electron chi connectivity index (χ1n) is 9.62. The first kappa shape index (κ1) is 18.2. The molecule has 146 valence electrons. The highest BCUT2D eigenvalue weighted by atomic mass is 32.1. The smallest absolute Gasteiger partial charge is 0.197 e. The van der Waals surface area contributed by atoms with Gasteiger partial charge < -0.3 is 16.4 Å². The van der Waals surface area contributed by atoms with E-state index in [2.05, 4.69) is 10.6 Å². The van der Waals surface area contributed by atoms with Crippen LogP contribution in [0.25, 0.3) is 20.2 Å². The molecule has 0 aliphatic carbocycles. The topological polar surface area (TPSA) is 67.2 Å². The Morgan fingerprint density at radius 2 is 1.23 bits per heavy atom. The largest absolute Gasteiger partial charge is 0.399 e. The number of hydrogen-bond donors (Lipinski definition) is 3. The average Bonchev–Trinajstić information content (AvgIpc) is 2.77. The van der Waals surface area contributed by atoms with Gasteiger partial charge in [-0.1, -0.05) is 18.2 Å². The molecule has 30 heavy (non-hydrogen) atoms. The van der Waals surface area contributed by atoms with E-state index in [0.29, 0.717) is 0 Å². The van der Waals surface area contributed by atoms with Crippen molar-refractivity contribution >= 4 is 59.9 Å². The van der Waals surface area contributed by atoms with Crippen LogP contribution in [0.2, 0.25) is 0 Å². The first-order chi connectivity index (χ1) is 14.7.